The Labute approximate surface area is 230 Å². The first-order chi connectivity index (χ1) is 18.8. The van der Waals surface area contributed by atoms with E-state index in [0.717, 1.165) is 10.5 Å². The summed E-state index contributed by atoms with van der Waals surface area (Å²) in [6.45, 7) is 3.43. The van der Waals surface area contributed by atoms with Crippen molar-refractivity contribution >= 4 is 17.6 Å². The number of benzene rings is 2. The number of hydrogen-bond acceptors (Lipinski definition) is 6. The standard InChI is InChI=1S/C29H31F3N2O6/c1-27(2)15-19-23(20(35)16-27)28(29(30,31)32,26(37)34(19)12-11-17-9-7-6-8-10-17)33-25(36)18-13-21(38-3)24(40-5)22(14-18)39-4/h6-10,13-14H,11-12,15-16H2,1-5H3,(H,33,36)/t28-/m1/s1. The minimum absolute atomic E-state index is 0.00954. The number of carbonyl (C=O) groups excluding carboxylic acids is 3. The van der Waals surface area contributed by atoms with E-state index in [1.807, 2.05) is 5.32 Å². The highest BCUT2D eigenvalue weighted by Gasteiger charge is 2.71. The van der Waals surface area contributed by atoms with E-state index >= 15 is 13.2 Å². The van der Waals surface area contributed by atoms with E-state index in [-0.39, 0.29) is 54.3 Å². The van der Waals surface area contributed by atoms with E-state index in [9.17, 15) is 14.4 Å². The van der Waals surface area contributed by atoms with Crippen LogP contribution in [-0.2, 0) is 16.0 Å². The number of alkyl halides is 3. The second-order valence-corrected chi connectivity index (χ2v) is 10.6. The van der Waals surface area contributed by atoms with Crippen LogP contribution < -0.4 is 19.5 Å². The van der Waals surface area contributed by atoms with E-state index in [4.69, 9.17) is 14.2 Å². The molecule has 1 aliphatic heterocycles. The summed E-state index contributed by atoms with van der Waals surface area (Å²) in [6.07, 6.45) is -5.21. The third-order valence-electron chi connectivity index (χ3n) is 7.24. The van der Waals surface area contributed by atoms with Gasteiger partial charge in [-0.25, -0.2) is 0 Å². The van der Waals surface area contributed by atoms with Crippen molar-refractivity contribution in [2.24, 2.45) is 5.41 Å². The summed E-state index contributed by atoms with van der Waals surface area (Å²) < 4.78 is 61.0. The van der Waals surface area contributed by atoms with Crippen molar-refractivity contribution in [2.75, 3.05) is 27.9 Å². The van der Waals surface area contributed by atoms with Crippen LogP contribution in [0.5, 0.6) is 17.2 Å². The molecule has 0 unspecified atom stereocenters. The number of allylic oxidation sites excluding steroid dienone is 1. The predicted molar refractivity (Wildman–Crippen MR) is 139 cm³/mol. The maximum absolute atomic E-state index is 15.1. The number of ether oxygens (including phenoxy) is 3. The molecule has 214 valence electrons. The van der Waals surface area contributed by atoms with E-state index in [2.05, 4.69) is 0 Å². The van der Waals surface area contributed by atoms with Gasteiger partial charge < -0.3 is 24.4 Å². The summed E-state index contributed by atoms with van der Waals surface area (Å²) in [5.74, 6) is -3.28. The quantitative estimate of drug-likeness (QED) is 0.512. The lowest BCUT2D eigenvalue weighted by atomic mass is 9.72. The SMILES string of the molecule is COc1cc(C(=O)N[C@@]2(C(F)(F)F)C(=O)N(CCc3ccccc3)C3=C2C(=O)CC(C)(C)C3)cc(OC)c1OC. The molecule has 40 heavy (non-hydrogen) atoms. The largest absolute Gasteiger partial charge is 0.493 e. The summed E-state index contributed by atoms with van der Waals surface area (Å²) in [4.78, 5) is 41.7. The van der Waals surface area contributed by atoms with Crippen LogP contribution in [0.2, 0.25) is 0 Å². The van der Waals surface area contributed by atoms with Gasteiger partial charge in [0.25, 0.3) is 11.8 Å². The van der Waals surface area contributed by atoms with Crippen molar-refractivity contribution in [3.63, 3.8) is 0 Å². The maximum atomic E-state index is 15.1. The molecule has 2 aromatic rings. The summed E-state index contributed by atoms with van der Waals surface area (Å²) in [7, 11) is 3.92. The molecule has 0 saturated carbocycles. The number of carbonyl (C=O) groups is 3. The lowest BCUT2D eigenvalue weighted by Gasteiger charge is -2.35. The Morgan fingerprint density at radius 3 is 2.10 bits per heavy atom. The molecule has 0 bridgehead atoms. The minimum atomic E-state index is -5.32. The van der Waals surface area contributed by atoms with Crippen LogP contribution in [-0.4, -0.2) is 62.1 Å². The molecule has 0 radical (unpaired) electrons. The van der Waals surface area contributed by atoms with Gasteiger partial charge in [-0.2, -0.15) is 13.2 Å². The van der Waals surface area contributed by atoms with Gasteiger partial charge in [-0.3, -0.25) is 14.4 Å². The highest BCUT2D eigenvalue weighted by molar-refractivity contribution is 6.14. The van der Waals surface area contributed by atoms with Gasteiger partial charge in [-0.15, -0.1) is 0 Å². The molecule has 2 aromatic carbocycles. The zero-order chi connectivity index (χ0) is 29.5. The molecule has 11 heteroatoms. The molecular formula is C29H31F3N2O6. The monoisotopic (exact) mass is 560 g/mol. The van der Waals surface area contributed by atoms with Crippen molar-refractivity contribution in [1.29, 1.82) is 0 Å². The highest BCUT2D eigenvalue weighted by atomic mass is 19.4. The molecule has 0 spiro atoms. The average molecular weight is 561 g/mol. The van der Waals surface area contributed by atoms with Gasteiger partial charge in [0.2, 0.25) is 11.3 Å². The lowest BCUT2D eigenvalue weighted by molar-refractivity contribution is -0.190. The second-order valence-electron chi connectivity index (χ2n) is 10.6. The fourth-order valence-electron chi connectivity index (χ4n) is 5.40. The van der Waals surface area contributed by atoms with Crippen molar-refractivity contribution in [3.8, 4) is 17.2 Å². The maximum Gasteiger partial charge on any atom is 0.425 e. The zero-order valence-corrected chi connectivity index (χ0v) is 22.9. The van der Waals surface area contributed by atoms with Crippen LogP contribution in [0.25, 0.3) is 0 Å². The van der Waals surface area contributed by atoms with E-state index in [0.29, 0.717) is 0 Å². The van der Waals surface area contributed by atoms with Crippen LogP contribution in [0.4, 0.5) is 13.2 Å². The number of ketones is 1. The van der Waals surface area contributed by atoms with E-state index < -0.39 is 40.3 Å². The number of nitrogens with one attached hydrogen (secondary N) is 1. The van der Waals surface area contributed by atoms with Gasteiger partial charge >= 0.3 is 6.18 Å². The summed E-state index contributed by atoms with van der Waals surface area (Å²) in [5, 5.41) is 1.94. The van der Waals surface area contributed by atoms with Gasteiger partial charge in [-0.05, 0) is 36.0 Å². The molecule has 0 aromatic heterocycles. The summed E-state index contributed by atoms with van der Waals surface area (Å²) in [5.41, 5.74) is -4.43. The molecule has 1 atom stereocenters. The normalized spacial score (nSPS) is 20.4. The number of hydrogen-bond donors (Lipinski definition) is 1. The number of halogens is 3. The number of amides is 2. The van der Waals surface area contributed by atoms with E-state index in [1.165, 1.54) is 33.5 Å². The Kier molecular flexibility index (Phi) is 7.62. The van der Waals surface area contributed by atoms with Crippen molar-refractivity contribution in [3.05, 3.63) is 64.9 Å². The van der Waals surface area contributed by atoms with Crippen molar-refractivity contribution in [2.45, 2.75) is 44.8 Å². The van der Waals surface area contributed by atoms with Crippen molar-refractivity contribution < 1.29 is 41.8 Å². The predicted octanol–water partition coefficient (Wildman–Crippen LogP) is 4.47. The average Bonchev–Trinajstić information content (AvgIpc) is 3.13. The van der Waals surface area contributed by atoms with Crippen molar-refractivity contribution in [1.82, 2.24) is 10.2 Å². The Hall–Kier alpha value is -4.02. The number of nitrogens with zero attached hydrogens (tertiary/aromatic N) is 1. The lowest BCUT2D eigenvalue weighted by Crippen LogP contribution is -2.66. The zero-order valence-electron chi connectivity index (χ0n) is 22.9. The fourth-order valence-corrected chi connectivity index (χ4v) is 5.40. The van der Waals surface area contributed by atoms with Gasteiger partial charge in [-0.1, -0.05) is 44.2 Å². The molecule has 4 rings (SSSR count). The second kappa shape index (κ2) is 10.5. The first-order valence-corrected chi connectivity index (χ1v) is 12.6. The van der Waals surface area contributed by atoms with Gasteiger partial charge in [0.15, 0.2) is 17.3 Å². The van der Waals surface area contributed by atoms with Crippen LogP contribution in [0.1, 0.15) is 42.6 Å². The van der Waals surface area contributed by atoms with Gasteiger partial charge in [0.1, 0.15) is 0 Å². The van der Waals surface area contributed by atoms with E-state index in [1.54, 1.807) is 44.2 Å². The van der Waals surface area contributed by atoms with Crippen LogP contribution >= 0.6 is 0 Å². The third-order valence-corrected chi connectivity index (χ3v) is 7.24. The Morgan fingerprint density at radius 1 is 0.975 bits per heavy atom. The Bertz CT molecular complexity index is 1340. The number of methoxy groups -OCH3 is 3. The topological polar surface area (TPSA) is 94.2 Å². The number of rotatable bonds is 8. The minimum Gasteiger partial charge on any atom is -0.493 e. The molecular weight excluding hydrogens is 529 g/mol. The van der Waals surface area contributed by atoms with Gasteiger partial charge in [0, 0.05) is 24.2 Å². The molecule has 0 fully saturated rings. The van der Waals surface area contributed by atoms with Crippen LogP contribution in [0.3, 0.4) is 0 Å². The molecule has 1 N–H and O–H groups in total. The first kappa shape index (κ1) is 29.0. The Balaban J connectivity index is 1.83. The fraction of sp³-hybridized carbons (Fsp3) is 0.414. The summed E-state index contributed by atoms with van der Waals surface area (Å²) in [6, 6.07) is 11.3. The third kappa shape index (κ3) is 4.89. The summed E-state index contributed by atoms with van der Waals surface area (Å²) >= 11 is 0. The molecule has 0 saturated heterocycles. The van der Waals surface area contributed by atoms with Crippen LogP contribution in [0, 0.1) is 5.41 Å². The molecule has 1 aliphatic carbocycles. The van der Waals surface area contributed by atoms with Gasteiger partial charge in [0.05, 0.1) is 26.9 Å². The smallest absolute Gasteiger partial charge is 0.425 e. The highest BCUT2D eigenvalue weighted by Crippen LogP contribution is 2.52. The molecule has 1 heterocycles. The first-order valence-electron chi connectivity index (χ1n) is 12.6. The van der Waals surface area contributed by atoms with Crippen LogP contribution in [0.15, 0.2) is 53.7 Å². The molecule has 2 aliphatic rings. The molecule has 2 amide bonds. The molecule has 8 nitrogen and oxygen atoms in total. The number of Topliss-reactive ketones (excluding diaryl/α,β-unsaturated/α-hetero) is 1. The Morgan fingerprint density at radius 2 is 1.57 bits per heavy atom.